The van der Waals surface area contributed by atoms with Gasteiger partial charge in [0.05, 0.1) is 12.1 Å². The second-order valence-corrected chi connectivity index (χ2v) is 6.33. The Bertz CT molecular complexity index is 570. The molecular formula is C14H18N2O4S. The van der Waals surface area contributed by atoms with Crippen LogP contribution in [0.5, 0.6) is 0 Å². The van der Waals surface area contributed by atoms with Crippen molar-refractivity contribution in [3.05, 3.63) is 28.0 Å². The Hall–Kier alpha value is -2.15. The number of carbonyl (C=O) groups excluding carboxylic acids is 2. The lowest BCUT2D eigenvalue weighted by molar-refractivity contribution is -0.131. The van der Waals surface area contributed by atoms with Crippen LogP contribution in [0.25, 0.3) is 6.08 Å². The number of thiophene rings is 1. The van der Waals surface area contributed by atoms with Crippen molar-refractivity contribution in [3.63, 3.8) is 0 Å². The van der Waals surface area contributed by atoms with Gasteiger partial charge in [0.25, 0.3) is 5.91 Å². The lowest BCUT2D eigenvalue weighted by atomic mass is 10.1. The van der Waals surface area contributed by atoms with Crippen molar-refractivity contribution in [2.24, 2.45) is 0 Å². The van der Waals surface area contributed by atoms with Gasteiger partial charge < -0.3 is 15.7 Å². The summed E-state index contributed by atoms with van der Waals surface area (Å²) in [5.41, 5.74) is 0.0486. The fourth-order valence-corrected chi connectivity index (χ4v) is 2.22. The molecule has 0 fully saturated rings. The SMILES string of the molecule is CC(C)(C)NC(=O)CNC(=O)c1csc(/C=C/C(=O)O)c1. The lowest BCUT2D eigenvalue weighted by Gasteiger charge is -2.20. The molecule has 1 aromatic heterocycles. The summed E-state index contributed by atoms with van der Waals surface area (Å²) in [6.07, 6.45) is 2.42. The molecule has 0 aliphatic heterocycles. The largest absolute Gasteiger partial charge is 0.478 e. The quantitative estimate of drug-likeness (QED) is 0.718. The molecule has 21 heavy (non-hydrogen) atoms. The predicted octanol–water partition coefficient (Wildman–Crippen LogP) is 1.49. The molecule has 0 spiro atoms. The first-order valence-electron chi connectivity index (χ1n) is 6.26. The number of hydrogen-bond donors (Lipinski definition) is 3. The zero-order valence-corrected chi connectivity index (χ0v) is 12.9. The van der Waals surface area contributed by atoms with Gasteiger partial charge in [-0.3, -0.25) is 9.59 Å². The number of carboxylic acid groups (broad SMARTS) is 1. The molecule has 0 atom stereocenters. The standard InChI is InChI=1S/C14H18N2O4S/c1-14(2,3)16-11(17)7-15-13(20)9-6-10(21-8-9)4-5-12(18)19/h4-6,8H,7H2,1-3H3,(H,15,20)(H,16,17)(H,18,19)/b5-4+. The first-order chi connectivity index (χ1) is 9.67. The number of aliphatic carboxylic acids is 1. The van der Waals surface area contributed by atoms with E-state index in [4.69, 9.17) is 5.11 Å². The van der Waals surface area contributed by atoms with Crippen LogP contribution >= 0.6 is 11.3 Å². The van der Waals surface area contributed by atoms with E-state index < -0.39 is 5.97 Å². The van der Waals surface area contributed by atoms with Crippen LogP contribution < -0.4 is 10.6 Å². The average molecular weight is 310 g/mol. The molecule has 0 aromatic carbocycles. The van der Waals surface area contributed by atoms with E-state index in [1.54, 1.807) is 11.4 Å². The minimum Gasteiger partial charge on any atom is -0.478 e. The first kappa shape index (κ1) is 16.9. The van der Waals surface area contributed by atoms with E-state index in [9.17, 15) is 14.4 Å². The molecule has 0 aliphatic rings. The minimum absolute atomic E-state index is 0.105. The fraction of sp³-hybridized carbons (Fsp3) is 0.357. The van der Waals surface area contributed by atoms with Crippen LogP contribution in [0.15, 0.2) is 17.5 Å². The molecule has 0 aliphatic carbocycles. The highest BCUT2D eigenvalue weighted by Gasteiger charge is 2.15. The molecule has 6 nitrogen and oxygen atoms in total. The van der Waals surface area contributed by atoms with Crippen molar-refractivity contribution in [1.82, 2.24) is 10.6 Å². The van der Waals surface area contributed by atoms with Gasteiger partial charge in [-0.2, -0.15) is 0 Å². The zero-order valence-electron chi connectivity index (χ0n) is 12.1. The smallest absolute Gasteiger partial charge is 0.328 e. The maximum atomic E-state index is 11.8. The van der Waals surface area contributed by atoms with E-state index in [0.29, 0.717) is 10.4 Å². The molecule has 1 aromatic rings. The van der Waals surface area contributed by atoms with Crippen molar-refractivity contribution < 1.29 is 19.5 Å². The summed E-state index contributed by atoms with van der Waals surface area (Å²) < 4.78 is 0. The topological polar surface area (TPSA) is 95.5 Å². The highest BCUT2D eigenvalue weighted by atomic mass is 32.1. The van der Waals surface area contributed by atoms with Gasteiger partial charge in [0.1, 0.15) is 0 Å². The van der Waals surface area contributed by atoms with Gasteiger partial charge >= 0.3 is 5.97 Å². The van der Waals surface area contributed by atoms with Crippen LogP contribution in [0.3, 0.4) is 0 Å². The van der Waals surface area contributed by atoms with Gasteiger partial charge in [0, 0.05) is 21.9 Å². The second-order valence-electron chi connectivity index (χ2n) is 5.39. The van der Waals surface area contributed by atoms with Crippen molar-refractivity contribution >= 4 is 35.2 Å². The third kappa shape index (κ3) is 6.71. The molecule has 2 amide bonds. The van der Waals surface area contributed by atoms with E-state index in [2.05, 4.69) is 10.6 Å². The third-order valence-electron chi connectivity index (χ3n) is 2.20. The Morgan fingerprint density at radius 1 is 1.33 bits per heavy atom. The Kier molecular flexibility index (Phi) is 5.66. The average Bonchev–Trinajstić information content (AvgIpc) is 2.80. The Morgan fingerprint density at radius 3 is 2.57 bits per heavy atom. The van der Waals surface area contributed by atoms with E-state index >= 15 is 0 Å². The highest BCUT2D eigenvalue weighted by Crippen LogP contribution is 2.16. The molecule has 0 radical (unpaired) electrons. The number of amides is 2. The molecule has 0 bridgehead atoms. The summed E-state index contributed by atoms with van der Waals surface area (Å²) >= 11 is 1.25. The molecule has 114 valence electrons. The molecule has 7 heteroatoms. The van der Waals surface area contributed by atoms with Gasteiger partial charge in [0.2, 0.25) is 5.91 Å². The summed E-state index contributed by atoms with van der Waals surface area (Å²) in [6, 6.07) is 1.57. The highest BCUT2D eigenvalue weighted by molar-refractivity contribution is 7.11. The summed E-state index contributed by atoms with van der Waals surface area (Å²) in [6.45, 7) is 5.46. The van der Waals surface area contributed by atoms with Gasteiger partial charge in [-0.25, -0.2) is 4.79 Å². The maximum absolute atomic E-state index is 11.8. The van der Waals surface area contributed by atoms with Crippen LogP contribution in [-0.2, 0) is 9.59 Å². The zero-order chi connectivity index (χ0) is 16.0. The number of carbonyl (C=O) groups is 3. The summed E-state index contributed by atoms with van der Waals surface area (Å²) in [7, 11) is 0. The molecular weight excluding hydrogens is 292 g/mol. The summed E-state index contributed by atoms with van der Waals surface area (Å²) in [5, 5.41) is 15.4. The monoisotopic (exact) mass is 310 g/mol. The normalized spacial score (nSPS) is 11.4. The summed E-state index contributed by atoms with van der Waals surface area (Å²) in [4.78, 5) is 34.5. The number of carboxylic acids is 1. The number of hydrogen-bond acceptors (Lipinski definition) is 4. The predicted molar refractivity (Wildman–Crippen MR) is 81.2 cm³/mol. The number of nitrogens with one attached hydrogen (secondary N) is 2. The van der Waals surface area contributed by atoms with Crippen LogP contribution in [-0.4, -0.2) is 35.0 Å². The first-order valence-corrected chi connectivity index (χ1v) is 7.14. The van der Waals surface area contributed by atoms with Gasteiger partial charge in [-0.15, -0.1) is 11.3 Å². The second kappa shape index (κ2) is 7.03. The number of rotatable bonds is 5. The van der Waals surface area contributed by atoms with Crippen molar-refractivity contribution in [3.8, 4) is 0 Å². The lowest BCUT2D eigenvalue weighted by Crippen LogP contribution is -2.45. The van der Waals surface area contributed by atoms with Crippen molar-refractivity contribution in [2.45, 2.75) is 26.3 Å². The molecule has 1 rings (SSSR count). The van der Waals surface area contributed by atoms with E-state index in [-0.39, 0.29) is 23.9 Å². The van der Waals surface area contributed by atoms with Crippen LogP contribution in [0.2, 0.25) is 0 Å². The summed E-state index contributed by atoms with van der Waals surface area (Å²) in [5.74, 6) is -1.68. The van der Waals surface area contributed by atoms with E-state index in [0.717, 1.165) is 6.08 Å². The Morgan fingerprint density at radius 2 is 2.00 bits per heavy atom. The van der Waals surface area contributed by atoms with Crippen molar-refractivity contribution in [1.29, 1.82) is 0 Å². The van der Waals surface area contributed by atoms with Gasteiger partial charge in [-0.1, -0.05) is 0 Å². The molecule has 0 unspecified atom stereocenters. The molecule has 3 N–H and O–H groups in total. The fourth-order valence-electron chi connectivity index (χ4n) is 1.44. The molecule has 0 saturated carbocycles. The minimum atomic E-state index is -1.05. The van der Waals surface area contributed by atoms with Crippen LogP contribution in [0.4, 0.5) is 0 Å². The van der Waals surface area contributed by atoms with E-state index in [1.807, 2.05) is 20.8 Å². The van der Waals surface area contributed by atoms with Crippen LogP contribution in [0, 0.1) is 0 Å². The Labute approximate surface area is 126 Å². The van der Waals surface area contributed by atoms with E-state index in [1.165, 1.54) is 17.4 Å². The van der Waals surface area contributed by atoms with Gasteiger partial charge in [0.15, 0.2) is 0 Å². The Balaban J connectivity index is 2.53. The van der Waals surface area contributed by atoms with Crippen LogP contribution in [0.1, 0.15) is 36.0 Å². The molecule has 1 heterocycles. The molecule has 0 saturated heterocycles. The third-order valence-corrected chi connectivity index (χ3v) is 3.09. The van der Waals surface area contributed by atoms with Crippen molar-refractivity contribution in [2.75, 3.05) is 6.54 Å². The maximum Gasteiger partial charge on any atom is 0.328 e. The van der Waals surface area contributed by atoms with Gasteiger partial charge in [-0.05, 0) is 32.9 Å².